The molecule has 1 aromatic rings. The fourth-order valence-corrected chi connectivity index (χ4v) is 2.69. The molecule has 0 aliphatic carbocycles. The van der Waals surface area contributed by atoms with Crippen molar-refractivity contribution in [1.82, 2.24) is 5.32 Å². The highest BCUT2D eigenvalue weighted by atomic mass is 79.9. The molecule has 1 aromatic carbocycles. The van der Waals surface area contributed by atoms with Crippen LogP contribution in [-0.2, 0) is 6.42 Å². The predicted molar refractivity (Wildman–Crippen MR) is 65.2 cm³/mol. The maximum absolute atomic E-state index is 10.1. The predicted octanol–water partition coefficient (Wildman–Crippen LogP) is 3.14. The van der Waals surface area contributed by atoms with Gasteiger partial charge in [0, 0.05) is 16.1 Å². The fraction of sp³-hybridized carbons (Fsp3) is 0.500. The van der Waals surface area contributed by atoms with Crippen LogP contribution < -0.4 is 5.32 Å². The number of phenols is 1. The van der Waals surface area contributed by atoms with Crippen molar-refractivity contribution in [3.8, 4) is 5.75 Å². The maximum Gasteiger partial charge on any atom is 0.123 e. The fourth-order valence-electron chi connectivity index (χ4n) is 2.16. The summed E-state index contributed by atoms with van der Waals surface area (Å²) in [5.41, 5.74) is 2.06. The van der Waals surface area contributed by atoms with Crippen molar-refractivity contribution >= 4 is 15.9 Å². The van der Waals surface area contributed by atoms with E-state index in [0.29, 0.717) is 11.8 Å². The molecule has 15 heavy (non-hydrogen) atoms. The van der Waals surface area contributed by atoms with Crippen molar-refractivity contribution in [3.05, 3.63) is 27.7 Å². The zero-order valence-electron chi connectivity index (χ0n) is 8.89. The van der Waals surface area contributed by atoms with Crippen molar-refractivity contribution in [2.24, 2.45) is 0 Å². The Bertz CT molecular complexity index is 359. The number of aromatic hydroxyl groups is 1. The van der Waals surface area contributed by atoms with Crippen molar-refractivity contribution in [2.45, 2.75) is 32.2 Å². The Morgan fingerprint density at radius 2 is 2.33 bits per heavy atom. The van der Waals surface area contributed by atoms with Crippen molar-refractivity contribution in [1.29, 1.82) is 0 Å². The molecular formula is C12H16BrNO. The van der Waals surface area contributed by atoms with Crippen LogP contribution in [0.3, 0.4) is 0 Å². The average Bonchev–Trinajstić information content (AvgIpc) is 2.74. The third kappa shape index (κ3) is 2.18. The monoisotopic (exact) mass is 269 g/mol. The van der Waals surface area contributed by atoms with Gasteiger partial charge in [0.2, 0.25) is 0 Å². The highest BCUT2D eigenvalue weighted by Gasteiger charge is 2.20. The van der Waals surface area contributed by atoms with Gasteiger partial charge < -0.3 is 10.4 Å². The molecule has 1 aliphatic heterocycles. The minimum absolute atomic E-state index is 0.327. The van der Waals surface area contributed by atoms with E-state index in [0.717, 1.165) is 35.0 Å². The van der Waals surface area contributed by atoms with Crippen molar-refractivity contribution in [3.63, 3.8) is 0 Å². The van der Waals surface area contributed by atoms with E-state index in [-0.39, 0.29) is 0 Å². The summed E-state index contributed by atoms with van der Waals surface area (Å²) in [5.74, 6) is 0.472. The summed E-state index contributed by atoms with van der Waals surface area (Å²) in [5, 5.41) is 13.5. The van der Waals surface area contributed by atoms with Crippen LogP contribution in [0.25, 0.3) is 0 Å². The molecule has 0 amide bonds. The maximum atomic E-state index is 10.1. The third-order valence-electron chi connectivity index (χ3n) is 3.00. The zero-order chi connectivity index (χ0) is 10.8. The van der Waals surface area contributed by atoms with Gasteiger partial charge in [-0.15, -0.1) is 0 Å². The van der Waals surface area contributed by atoms with Crippen molar-refractivity contribution in [2.75, 3.05) is 6.54 Å². The van der Waals surface area contributed by atoms with E-state index in [9.17, 15) is 5.11 Å². The number of nitrogens with one attached hydrogen (secondary N) is 1. The number of benzene rings is 1. The first-order valence-electron chi connectivity index (χ1n) is 5.47. The molecule has 2 N–H and O–H groups in total. The molecule has 82 valence electrons. The number of halogens is 1. The van der Waals surface area contributed by atoms with E-state index in [4.69, 9.17) is 0 Å². The van der Waals surface area contributed by atoms with Crippen LogP contribution >= 0.6 is 15.9 Å². The van der Waals surface area contributed by atoms with E-state index in [1.807, 2.05) is 12.1 Å². The number of hydrogen-bond donors (Lipinski definition) is 2. The number of rotatable bonds is 2. The third-order valence-corrected chi connectivity index (χ3v) is 3.46. The van der Waals surface area contributed by atoms with Crippen LogP contribution in [-0.4, -0.2) is 11.7 Å². The van der Waals surface area contributed by atoms with E-state index in [2.05, 4.69) is 28.2 Å². The highest BCUT2D eigenvalue weighted by molar-refractivity contribution is 9.10. The normalized spacial score (nSPS) is 20.8. The van der Waals surface area contributed by atoms with Gasteiger partial charge in [-0.25, -0.2) is 0 Å². The van der Waals surface area contributed by atoms with Gasteiger partial charge in [-0.1, -0.05) is 22.9 Å². The van der Waals surface area contributed by atoms with Crippen LogP contribution in [0.15, 0.2) is 16.6 Å². The number of aryl methyl sites for hydroxylation is 1. The molecule has 1 unspecified atom stereocenters. The summed E-state index contributed by atoms with van der Waals surface area (Å²) in [6, 6.07) is 4.35. The van der Waals surface area contributed by atoms with Crippen LogP contribution in [0, 0.1) is 0 Å². The molecule has 0 bridgehead atoms. The lowest BCUT2D eigenvalue weighted by atomic mass is 10.00. The molecule has 1 aliphatic rings. The molecule has 1 heterocycles. The lowest BCUT2D eigenvalue weighted by molar-refractivity contribution is 0.450. The molecule has 0 aromatic heterocycles. The smallest absolute Gasteiger partial charge is 0.123 e. The van der Waals surface area contributed by atoms with E-state index in [1.165, 1.54) is 6.42 Å². The SMILES string of the molecule is CCc1cc(Br)cc(C2CCCN2)c1O. The van der Waals surface area contributed by atoms with E-state index >= 15 is 0 Å². The molecule has 1 atom stereocenters. The molecule has 0 saturated carbocycles. The van der Waals surface area contributed by atoms with Gasteiger partial charge in [0.05, 0.1) is 0 Å². The van der Waals surface area contributed by atoms with Crippen LogP contribution in [0.4, 0.5) is 0 Å². The number of phenolic OH excluding ortho intramolecular Hbond substituents is 1. The molecule has 2 nitrogen and oxygen atoms in total. The summed E-state index contributed by atoms with van der Waals surface area (Å²) in [6.45, 7) is 3.12. The zero-order valence-corrected chi connectivity index (χ0v) is 10.5. The van der Waals surface area contributed by atoms with Crippen molar-refractivity contribution < 1.29 is 5.11 Å². The molecule has 0 spiro atoms. The Morgan fingerprint density at radius 1 is 1.53 bits per heavy atom. The molecular weight excluding hydrogens is 254 g/mol. The summed E-state index contributed by atoms with van der Waals surface area (Å²) in [6.07, 6.45) is 3.18. The summed E-state index contributed by atoms with van der Waals surface area (Å²) in [4.78, 5) is 0. The summed E-state index contributed by atoms with van der Waals surface area (Å²) in [7, 11) is 0. The van der Waals surface area contributed by atoms with Gasteiger partial charge in [0.25, 0.3) is 0 Å². The van der Waals surface area contributed by atoms with Crippen LogP contribution in [0.2, 0.25) is 0 Å². The minimum atomic E-state index is 0.327. The van der Waals surface area contributed by atoms with Gasteiger partial charge in [-0.05, 0) is 43.5 Å². The van der Waals surface area contributed by atoms with Gasteiger partial charge >= 0.3 is 0 Å². The molecule has 2 rings (SSSR count). The second-order valence-corrected chi connectivity index (χ2v) is 4.92. The van der Waals surface area contributed by atoms with Crippen LogP contribution in [0.5, 0.6) is 5.75 Å². The average molecular weight is 270 g/mol. The number of hydrogen-bond acceptors (Lipinski definition) is 2. The Hall–Kier alpha value is -0.540. The highest BCUT2D eigenvalue weighted by Crippen LogP contribution is 2.35. The van der Waals surface area contributed by atoms with Gasteiger partial charge in [0.1, 0.15) is 5.75 Å². The minimum Gasteiger partial charge on any atom is -0.507 e. The first kappa shape index (κ1) is 11.0. The Balaban J connectivity index is 2.40. The second kappa shape index (κ2) is 4.54. The first-order valence-corrected chi connectivity index (χ1v) is 6.26. The van der Waals surface area contributed by atoms with E-state index in [1.54, 1.807) is 0 Å². The molecule has 3 heteroatoms. The Labute approximate surface area is 98.8 Å². The van der Waals surface area contributed by atoms with Gasteiger partial charge in [-0.3, -0.25) is 0 Å². The lowest BCUT2D eigenvalue weighted by Gasteiger charge is -2.15. The Morgan fingerprint density at radius 3 is 2.93 bits per heavy atom. The largest absolute Gasteiger partial charge is 0.507 e. The van der Waals surface area contributed by atoms with Crippen LogP contribution in [0.1, 0.15) is 36.9 Å². The summed E-state index contributed by atoms with van der Waals surface area (Å²) >= 11 is 3.50. The second-order valence-electron chi connectivity index (χ2n) is 4.01. The molecule has 1 fully saturated rings. The Kier molecular flexibility index (Phi) is 3.32. The topological polar surface area (TPSA) is 32.3 Å². The van der Waals surface area contributed by atoms with E-state index < -0.39 is 0 Å². The molecule has 0 radical (unpaired) electrons. The summed E-state index contributed by atoms with van der Waals surface area (Å²) < 4.78 is 1.06. The molecule has 1 saturated heterocycles. The lowest BCUT2D eigenvalue weighted by Crippen LogP contribution is -2.13. The first-order chi connectivity index (χ1) is 7.22. The quantitative estimate of drug-likeness (QED) is 0.865. The van der Waals surface area contributed by atoms with Gasteiger partial charge in [0.15, 0.2) is 0 Å². The standard InChI is InChI=1S/C12H16BrNO/c1-2-8-6-9(13)7-10(12(8)15)11-4-3-5-14-11/h6-7,11,14-15H,2-5H2,1H3. The van der Waals surface area contributed by atoms with Gasteiger partial charge in [-0.2, -0.15) is 0 Å².